The van der Waals surface area contributed by atoms with Gasteiger partial charge in [-0.05, 0) is 43.5 Å². The Labute approximate surface area is 158 Å². The first-order chi connectivity index (χ1) is 13.0. The van der Waals surface area contributed by atoms with E-state index in [0.29, 0.717) is 37.7 Å². The minimum absolute atomic E-state index is 0.0137. The first-order valence-corrected chi connectivity index (χ1v) is 8.92. The van der Waals surface area contributed by atoms with Gasteiger partial charge in [-0.1, -0.05) is 18.2 Å². The molecule has 2 rings (SSSR count). The number of carbonyl (C=O) groups is 1. The van der Waals surface area contributed by atoms with Crippen LogP contribution in [0.25, 0.3) is 0 Å². The van der Waals surface area contributed by atoms with Crippen molar-refractivity contribution >= 4 is 11.6 Å². The number of rotatable bonds is 10. The monoisotopic (exact) mass is 372 g/mol. The molecule has 0 aromatic heterocycles. The zero-order chi connectivity index (χ0) is 19.6. The second kappa shape index (κ2) is 10.2. The number of nitro groups is 1. The maximum atomic E-state index is 12.0. The number of ether oxygens (including phenoxy) is 2. The molecule has 0 heterocycles. The Hall–Kier alpha value is -3.09. The van der Waals surface area contributed by atoms with E-state index in [0.717, 1.165) is 11.1 Å². The molecule has 7 heteroatoms. The molecule has 0 atom stereocenters. The maximum absolute atomic E-state index is 12.0. The number of hydrogen-bond acceptors (Lipinski definition) is 5. The van der Waals surface area contributed by atoms with Gasteiger partial charge in [-0.3, -0.25) is 14.9 Å². The van der Waals surface area contributed by atoms with Crippen molar-refractivity contribution in [2.24, 2.45) is 0 Å². The van der Waals surface area contributed by atoms with E-state index < -0.39 is 4.92 Å². The lowest BCUT2D eigenvalue weighted by Gasteiger charge is -2.12. The van der Waals surface area contributed by atoms with Crippen LogP contribution in [0.15, 0.2) is 42.5 Å². The highest BCUT2D eigenvalue weighted by Crippen LogP contribution is 2.28. The summed E-state index contributed by atoms with van der Waals surface area (Å²) in [4.78, 5) is 22.2. The molecule has 0 spiro atoms. The van der Waals surface area contributed by atoms with Crippen molar-refractivity contribution in [2.45, 2.75) is 26.7 Å². The van der Waals surface area contributed by atoms with Gasteiger partial charge in [0.2, 0.25) is 5.91 Å². The van der Waals surface area contributed by atoms with Gasteiger partial charge in [0.05, 0.1) is 24.6 Å². The third-order valence-corrected chi connectivity index (χ3v) is 3.86. The molecule has 0 saturated carbocycles. The molecule has 1 amide bonds. The Morgan fingerprint density at radius 3 is 2.26 bits per heavy atom. The molecular weight excluding hydrogens is 348 g/mol. The molecule has 1 N–H and O–H groups in total. The number of amides is 1. The molecule has 0 fully saturated rings. The lowest BCUT2D eigenvalue weighted by Crippen LogP contribution is -2.27. The number of nitro benzene ring substituents is 1. The van der Waals surface area contributed by atoms with Gasteiger partial charge < -0.3 is 14.8 Å². The van der Waals surface area contributed by atoms with Gasteiger partial charge in [-0.15, -0.1) is 0 Å². The summed E-state index contributed by atoms with van der Waals surface area (Å²) in [5.41, 5.74) is 1.79. The Kier molecular flexibility index (Phi) is 7.61. The van der Waals surface area contributed by atoms with Gasteiger partial charge >= 0.3 is 0 Å². The van der Waals surface area contributed by atoms with Crippen LogP contribution < -0.4 is 14.8 Å². The average molecular weight is 372 g/mol. The van der Waals surface area contributed by atoms with Crippen LogP contribution in [0.2, 0.25) is 0 Å². The predicted molar refractivity (Wildman–Crippen MR) is 102 cm³/mol. The predicted octanol–water partition coefficient (Wildman–Crippen LogP) is 3.29. The Morgan fingerprint density at radius 2 is 1.63 bits per heavy atom. The molecule has 27 heavy (non-hydrogen) atoms. The minimum atomic E-state index is -0.461. The summed E-state index contributed by atoms with van der Waals surface area (Å²) in [6.07, 6.45) is 0.851. The first kappa shape index (κ1) is 20.2. The Morgan fingerprint density at radius 1 is 1.00 bits per heavy atom. The molecule has 0 aliphatic heterocycles. The molecule has 0 bridgehead atoms. The van der Waals surface area contributed by atoms with Crippen molar-refractivity contribution in [2.75, 3.05) is 19.8 Å². The summed E-state index contributed by atoms with van der Waals surface area (Å²) in [6, 6.07) is 11.8. The Balaban J connectivity index is 1.85. The standard InChI is InChI=1S/C20H24N2O5/c1-3-26-18-10-7-16(13-19(18)27-4-2)11-12-21-20(23)14-15-5-8-17(9-6-15)22(24)25/h5-10,13H,3-4,11-12,14H2,1-2H3,(H,21,23). The SMILES string of the molecule is CCOc1ccc(CCNC(=O)Cc2ccc([N+](=O)[O-])cc2)cc1OCC. The van der Waals surface area contributed by atoms with Crippen molar-refractivity contribution in [1.82, 2.24) is 5.32 Å². The molecular formula is C20H24N2O5. The molecule has 0 aliphatic carbocycles. The highest BCUT2D eigenvalue weighted by Gasteiger charge is 2.09. The number of hydrogen-bond donors (Lipinski definition) is 1. The van der Waals surface area contributed by atoms with E-state index >= 15 is 0 Å². The van der Waals surface area contributed by atoms with Gasteiger partial charge in [-0.2, -0.15) is 0 Å². The van der Waals surface area contributed by atoms with E-state index in [1.54, 1.807) is 12.1 Å². The highest BCUT2D eigenvalue weighted by atomic mass is 16.6. The minimum Gasteiger partial charge on any atom is -0.490 e. The van der Waals surface area contributed by atoms with Crippen molar-refractivity contribution in [3.05, 3.63) is 63.7 Å². The van der Waals surface area contributed by atoms with Crippen molar-refractivity contribution < 1.29 is 19.2 Å². The molecule has 0 saturated heterocycles. The lowest BCUT2D eigenvalue weighted by molar-refractivity contribution is -0.384. The van der Waals surface area contributed by atoms with Crippen LogP contribution in [0.1, 0.15) is 25.0 Å². The number of nitrogens with zero attached hydrogens (tertiary/aromatic N) is 1. The largest absolute Gasteiger partial charge is 0.490 e. The summed E-state index contributed by atoms with van der Waals surface area (Å²) in [5.74, 6) is 1.29. The van der Waals surface area contributed by atoms with E-state index in [9.17, 15) is 14.9 Å². The molecule has 2 aromatic rings. The summed E-state index contributed by atoms with van der Waals surface area (Å²) in [6.45, 7) is 5.45. The molecule has 0 radical (unpaired) electrons. The van der Waals surface area contributed by atoms with Gasteiger partial charge in [0.1, 0.15) is 0 Å². The lowest BCUT2D eigenvalue weighted by atomic mass is 10.1. The summed E-state index contributed by atoms with van der Waals surface area (Å²) >= 11 is 0. The zero-order valence-corrected chi connectivity index (χ0v) is 15.6. The van der Waals surface area contributed by atoms with Crippen LogP contribution in [0, 0.1) is 10.1 Å². The van der Waals surface area contributed by atoms with Gasteiger partial charge in [0, 0.05) is 18.7 Å². The maximum Gasteiger partial charge on any atom is 0.269 e. The van der Waals surface area contributed by atoms with Crippen LogP contribution in [0.5, 0.6) is 11.5 Å². The molecule has 0 unspecified atom stereocenters. The van der Waals surface area contributed by atoms with Crippen LogP contribution in [0.4, 0.5) is 5.69 Å². The van der Waals surface area contributed by atoms with Crippen molar-refractivity contribution in [3.63, 3.8) is 0 Å². The Bertz CT molecular complexity index is 774. The summed E-state index contributed by atoms with van der Waals surface area (Å²) < 4.78 is 11.1. The second-order valence-electron chi connectivity index (χ2n) is 5.85. The van der Waals surface area contributed by atoms with E-state index in [-0.39, 0.29) is 18.0 Å². The zero-order valence-electron chi connectivity index (χ0n) is 15.6. The molecule has 0 aliphatic rings. The van der Waals surface area contributed by atoms with Crippen LogP contribution in [-0.4, -0.2) is 30.6 Å². The molecule has 7 nitrogen and oxygen atoms in total. The van der Waals surface area contributed by atoms with Gasteiger partial charge in [-0.25, -0.2) is 0 Å². The number of benzene rings is 2. The fraction of sp³-hybridized carbons (Fsp3) is 0.350. The molecule has 144 valence electrons. The highest BCUT2D eigenvalue weighted by molar-refractivity contribution is 5.78. The van der Waals surface area contributed by atoms with E-state index in [1.807, 2.05) is 32.0 Å². The van der Waals surface area contributed by atoms with E-state index in [4.69, 9.17) is 9.47 Å². The first-order valence-electron chi connectivity index (χ1n) is 8.92. The third-order valence-electron chi connectivity index (χ3n) is 3.86. The number of non-ortho nitro benzene ring substituents is 1. The van der Waals surface area contributed by atoms with Crippen molar-refractivity contribution in [1.29, 1.82) is 0 Å². The quantitative estimate of drug-likeness (QED) is 0.510. The smallest absolute Gasteiger partial charge is 0.269 e. The average Bonchev–Trinajstić information content (AvgIpc) is 2.64. The van der Waals surface area contributed by atoms with Gasteiger partial charge in [0.25, 0.3) is 5.69 Å². The normalized spacial score (nSPS) is 10.3. The van der Waals surface area contributed by atoms with Crippen LogP contribution >= 0.6 is 0 Å². The van der Waals surface area contributed by atoms with Gasteiger partial charge in [0.15, 0.2) is 11.5 Å². The summed E-state index contributed by atoms with van der Waals surface area (Å²) in [5, 5.41) is 13.5. The fourth-order valence-electron chi connectivity index (χ4n) is 2.58. The number of carbonyl (C=O) groups excluding carboxylic acids is 1. The molecule has 2 aromatic carbocycles. The number of nitrogens with one attached hydrogen (secondary N) is 1. The van der Waals surface area contributed by atoms with E-state index in [1.165, 1.54) is 12.1 Å². The second-order valence-corrected chi connectivity index (χ2v) is 5.85. The van der Waals surface area contributed by atoms with Crippen LogP contribution in [0.3, 0.4) is 0 Å². The summed E-state index contributed by atoms with van der Waals surface area (Å²) in [7, 11) is 0. The fourth-order valence-corrected chi connectivity index (χ4v) is 2.58. The van der Waals surface area contributed by atoms with E-state index in [2.05, 4.69) is 5.32 Å². The topological polar surface area (TPSA) is 90.7 Å². The third kappa shape index (κ3) is 6.29. The van der Waals surface area contributed by atoms with Crippen molar-refractivity contribution in [3.8, 4) is 11.5 Å². The van der Waals surface area contributed by atoms with Crippen LogP contribution in [-0.2, 0) is 17.6 Å².